The first-order valence-electron chi connectivity index (χ1n) is 8.75. The molecule has 2 aromatic rings. The summed E-state index contributed by atoms with van der Waals surface area (Å²) in [6, 6.07) is 7.78. The Morgan fingerprint density at radius 1 is 1.27 bits per heavy atom. The molecule has 0 radical (unpaired) electrons. The van der Waals surface area contributed by atoms with Gasteiger partial charge in [-0.2, -0.15) is 0 Å². The number of hydrogen-bond donors (Lipinski definition) is 0. The number of rotatable bonds is 6. The van der Waals surface area contributed by atoms with Crippen LogP contribution < -0.4 is 9.47 Å². The Morgan fingerprint density at radius 3 is 2.81 bits per heavy atom. The maximum absolute atomic E-state index is 13.0. The molecule has 1 amide bonds. The van der Waals surface area contributed by atoms with E-state index in [9.17, 15) is 4.79 Å². The SMILES string of the molecule is CCSc1ccccc1C(=O)N1CCCC(Oc2nccnc2OC)C1. The first-order valence-corrected chi connectivity index (χ1v) is 9.74. The maximum atomic E-state index is 13.0. The van der Waals surface area contributed by atoms with Crippen LogP contribution in [-0.2, 0) is 0 Å². The average Bonchev–Trinajstić information content (AvgIpc) is 2.69. The van der Waals surface area contributed by atoms with Crippen molar-refractivity contribution in [3.05, 3.63) is 42.2 Å². The predicted octanol–water partition coefficient (Wildman–Crippen LogP) is 3.28. The van der Waals surface area contributed by atoms with E-state index in [1.54, 1.807) is 24.2 Å². The second kappa shape index (κ2) is 8.89. The minimum absolute atomic E-state index is 0.0564. The Bertz CT molecular complexity index is 756. The summed E-state index contributed by atoms with van der Waals surface area (Å²) >= 11 is 1.69. The lowest BCUT2D eigenvalue weighted by molar-refractivity contribution is 0.0516. The van der Waals surface area contributed by atoms with E-state index in [0.717, 1.165) is 35.6 Å². The third kappa shape index (κ3) is 4.27. The van der Waals surface area contributed by atoms with Crippen molar-refractivity contribution in [1.82, 2.24) is 14.9 Å². The molecule has 1 aromatic carbocycles. The minimum Gasteiger partial charge on any atom is -0.477 e. The van der Waals surface area contributed by atoms with Gasteiger partial charge in [0, 0.05) is 23.8 Å². The quantitative estimate of drug-likeness (QED) is 0.724. The zero-order valence-corrected chi connectivity index (χ0v) is 15.9. The molecule has 0 spiro atoms. The summed E-state index contributed by atoms with van der Waals surface area (Å²) < 4.78 is 11.2. The Labute approximate surface area is 157 Å². The van der Waals surface area contributed by atoms with Gasteiger partial charge in [0.2, 0.25) is 0 Å². The van der Waals surface area contributed by atoms with E-state index in [0.29, 0.717) is 18.3 Å². The molecule has 1 fully saturated rings. The van der Waals surface area contributed by atoms with Crippen LogP contribution in [-0.4, -0.2) is 52.8 Å². The first kappa shape index (κ1) is 18.5. The topological polar surface area (TPSA) is 64.6 Å². The number of methoxy groups -OCH3 is 1. The molecule has 1 atom stereocenters. The summed E-state index contributed by atoms with van der Waals surface area (Å²) in [5, 5.41) is 0. The number of benzene rings is 1. The number of ether oxygens (including phenoxy) is 2. The molecule has 1 aliphatic heterocycles. The van der Waals surface area contributed by atoms with E-state index in [4.69, 9.17) is 9.47 Å². The Morgan fingerprint density at radius 2 is 2.04 bits per heavy atom. The van der Waals surface area contributed by atoms with Crippen LogP contribution in [0.5, 0.6) is 11.8 Å². The van der Waals surface area contributed by atoms with Crippen molar-refractivity contribution in [2.75, 3.05) is 26.0 Å². The third-order valence-corrected chi connectivity index (χ3v) is 5.14. The van der Waals surface area contributed by atoms with Crippen molar-refractivity contribution in [1.29, 1.82) is 0 Å². The van der Waals surface area contributed by atoms with Crippen molar-refractivity contribution in [3.8, 4) is 11.8 Å². The summed E-state index contributed by atoms with van der Waals surface area (Å²) in [6.07, 6.45) is 4.77. The zero-order valence-electron chi connectivity index (χ0n) is 15.1. The van der Waals surface area contributed by atoms with E-state index >= 15 is 0 Å². The Kier molecular flexibility index (Phi) is 6.33. The molecular formula is C19H23N3O3S. The fourth-order valence-corrected chi connectivity index (χ4v) is 3.80. The normalized spacial score (nSPS) is 17.0. The van der Waals surface area contributed by atoms with Crippen molar-refractivity contribution in [3.63, 3.8) is 0 Å². The number of nitrogens with zero attached hydrogens (tertiary/aromatic N) is 3. The molecule has 7 heteroatoms. The number of thioether (sulfide) groups is 1. The fourth-order valence-electron chi connectivity index (χ4n) is 3.01. The molecule has 0 aliphatic carbocycles. The van der Waals surface area contributed by atoms with Gasteiger partial charge >= 0.3 is 0 Å². The molecule has 1 unspecified atom stereocenters. The molecule has 1 saturated heterocycles. The van der Waals surface area contributed by atoms with Crippen molar-refractivity contribution in [2.24, 2.45) is 0 Å². The molecular weight excluding hydrogens is 350 g/mol. The number of carbonyl (C=O) groups excluding carboxylic acids is 1. The van der Waals surface area contributed by atoms with Gasteiger partial charge in [-0.3, -0.25) is 4.79 Å². The highest BCUT2D eigenvalue weighted by molar-refractivity contribution is 7.99. The largest absolute Gasteiger partial charge is 0.477 e. The smallest absolute Gasteiger partial charge is 0.278 e. The highest BCUT2D eigenvalue weighted by atomic mass is 32.2. The van der Waals surface area contributed by atoms with Gasteiger partial charge in [0.1, 0.15) is 6.10 Å². The van der Waals surface area contributed by atoms with Gasteiger partial charge < -0.3 is 14.4 Å². The monoisotopic (exact) mass is 373 g/mol. The highest BCUT2D eigenvalue weighted by Gasteiger charge is 2.28. The molecule has 6 nitrogen and oxygen atoms in total. The molecule has 1 aromatic heterocycles. The van der Waals surface area contributed by atoms with Gasteiger partial charge in [-0.1, -0.05) is 19.1 Å². The highest BCUT2D eigenvalue weighted by Crippen LogP contribution is 2.27. The van der Waals surface area contributed by atoms with Gasteiger partial charge in [-0.25, -0.2) is 9.97 Å². The molecule has 2 heterocycles. The van der Waals surface area contributed by atoms with Gasteiger partial charge in [0.15, 0.2) is 0 Å². The van der Waals surface area contributed by atoms with E-state index in [1.165, 1.54) is 7.11 Å². The second-order valence-electron chi connectivity index (χ2n) is 5.93. The standard InChI is InChI=1S/C19H23N3O3S/c1-3-26-16-9-5-4-8-15(16)19(23)22-12-6-7-14(13-22)25-18-17(24-2)20-10-11-21-18/h4-5,8-11,14H,3,6-7,12-13H2,1-2H3. The molecule has 26 heavy (non-hydrogen) atoms. The summed E-state index contributed by atoms with van der Waals surface area (Å²) in [4.78, 5) is 24.2. The number of amides is 1. The lowest BCUT2D eigenvalue weighted by Gasteiger charge is -2.33. The number of piperidine rings is 1. The fraction of sp³-hybridized carbons (Fsp3) is 0.421. The summed E-state index contributed by atoms with van der Waals surface area (Å²) in [6.45, 7) is 3.36. The van der Waals surface area contributed by atoms with Crippen LogP contribution in [0.1, 0.15) is 30.1 Å². The lowest BCUT2D eigenvalue weighted by Crippen LogP contribution is -2.44. The van der Waals surface area contributed by atoms with E-state index in [1.807, 2.05) is 29.2 Å². The molecule has 138 valence electrons. The lowest BCUT2D eigenvalue weighted by atomic mass is 10.1. The number of carbonyl (C=O) groups is 1. The van der Waals surface area contributed by atoms with Crippen LogP contribution in [0.2, 0.25) is 0 Å². The minimum atomic E-state index is -0.121. The maximum Gasteiger partial charge on any atom is 0.278 e. The van der Waals surface area contributed by atoms with E-state index in [-0.39, 0.29) is 12.0 Å². The molecule has 0 N–H and O–H groups in total. The van der Waals surface area contributed by atoms with E-state index < -0.39 is 0 Å². The predicted molar refractivity (Wildman–Crippen MR) is 101 cm³/mol. The van der Waals surface area contributed by atoms with Crippen LogP contribution >= 0.6 is 11.8 Å². The Hall–Kier alpha value is -2.28. The number of hydrogen-bond acceptors (Lipinski definition) is 6. The van der Waals surface area contributed by atoms with Crippen molar-refractivity contribution < 1.29 is 14.3 Å². The molecule has 0 bridgehead atoms. The van der Waals surface area contributed by atoms with Crippen LogP contribution in [0, 0.1) is 0 Å². The summed E-state index contributed by atoms with van der Waals surface area (Å²) in [5.41, 5.74) is 0.761. The summed E-state index contributed by atoms with van der Waals surface area (Å²) in [7, 11) is 1.54. The van der Waals surface area contributed by atoms with Gasteiger partial charge in [-0.15, -0.1) is 11.8 Å². The number of likely N-dealkylation sites (tertiary alicyclic amines) is 1. The van der Waals surface area contributed by atoms with Crippen LogP contribution in [0.3, 0.4) is 0 Å². The van der Waals surface area contributed by atoms with Gasteiger partial charge in [-0.05, 0) is 30.7 Å². The summed E-state index contributed by atoms with van der Waals surface area (Å²) in [5.74, 6) is 1.72. The molecule has 1 aliphatic rings. The van der Waals surface area contributed by atoms with Crippen LogP contribution in [0.4, 0.5) is 0 Å². The van der Waals surface area contributed by atoms with Crippen molar-refractivity contribution >= 4 is 17.7 Å². The molecule has 0 saturated carbocycles. The zero-order chi connectivity index (χ0) is 18.4. The first-order chi connectivity index (χ1) is 12.7. The second-order valence-corrected chi connectivity index (χ2v) is 7.24. The van der Waals surface area contributed by atoms with Gasteiger partial charge in [0.05, 0.1) is 19.2 Å². The average molecular weight is 373 g/mol. The Balaban J connectivity index is 1.71. The number of aromatic nitrogens is 2. The van der Waals surface area contributed by atoms with Crippen LogP contribution in [0.15, 0.2) is 41.6 Å². The third-order valence-electron chi connectivity index (χ3n) is 4.19. The van der Waals surface area contributed by atoms with Crippen molar-refractivity contribution in [2.45, 2.75) is 30.8 Å². The van der Waals surface area contributed by atoms with E-state index in [2.05, 4.69) is 16.9 Å². The van der Waals surface area contributed by atoms with Gasteiger partial charge in [0.25, 0.3) is 17.7 Å². The van der Waals surface area contributed by atoms with Crippen LogP contribution in [0.25, 0.3) is 0 Å². The molecule has 3 rings (SSSR count).